The van der Waals surface area contributed by atoms with Crippen molar-refractivity contribution in [3.05, 3.63) is 23.8 Å². The Balaban J connectivity index is 2.73. The maximum absolute atomic E-state index is 10.4. The molecule has 6 heteroatoms. The van der Waals surface area contributed by atoms with Crippen LogP contribution in [0.5, 0.6) is 11.5 Å². The van der Waals surface area contributed by atoms with Gasteiger partial charge in [0.2, 0.25) is 0 Å². The van der Waals surface area contributed by atoms with E-state index in [1.807, 2.05) is 13.8 Å². The number of carboxylic acid groups (broad SMARTS) is 1. The first kappa shape index (κ1) is 16.3. The summed E-state index contributed by atoms with van der Waals surface area (Å²) in [5, 5.41) is 21.2. The summed E-state index contributed by atoms with van der Waals surface area (Å²) in [5.41, 5.74) is 0.648. The lowest BCUT2D eigenvalue weighted by Crippen LogP contribution is -2.27. The summed E-state index contributed by atoms with van der Waals surface area (Å²) in [6, 6.07) is 5.19. The maximum atomic E-state index is 10.4. The van der Waals surface area contributed by atoms with Gasteiger partial charge in [0.15, 0.2) is 11.5 Å². The van der Waals surface area contributed by atoms with E-state index < -0.39 is 12.1 Å². The topological polar surface area (TPSA) is 88.0 Å². The average Bonchev–Trinajstić information content (AvgIpc) is 2.40. The number of hydrogen-bond donors (Lipinski definition) is 3. The molecule has 1 aromatic carbocycles. The summed E-state index contributed by atoms with van der Waals surface area (Å²) in [4.78, 5) is 10.4. The van der Waals surface area contributed by atoms with Crippen LogP contribution in [-0.2, 0) is 4.79 Å². The van der Waals surface area contributed by atoms with E-state index in [1.165, 1.54) is 0 Å². The molecule has 0 radical (unpaired) electrons. The first-order valence-electron chi connectivity index (χ1n) is 6.58. The third-order valence-corrected chi connectivity index (χ3v) is 2.57. The molecule has 1 rings (SSSR count). The number of aliphatic hydroxyl groups excluding tert-OH is 1. The molecule has 0 aromatic heterocycles. The third kappa shape index (κ3) is 5.07. The summed E-state index contributed by atoms with van der Waals surface area (Å²) in [6.45, 7) is 4.75. The molecule has 20 heavy (non-hydrogen) atoms. The van der Waals surface area contributed by atoms with E-state index in [1.54, 1.807) is 18.2 Å². The van der Waals surface area contributed by atoms with Gasteiger partial charge in [-0.15, -0.1) is 0 Å². The Labute approximate surface area is 118 Å². The Morgan fingerprint density at radius 1 is 1.25 bits per heavy atom. The summed E-state index contributed by atoms with van der Waals surface area (Å²) in [6.07, 6.45) is -0.802. The van der Waals surface area contributed by atoms with Crippen LogP contribution >= 0.6 is 0 Å². The number of aliphatic hydroxyl groups is 1. The molecule has 0 bridgehead atoms. The lowest BCUT2D eigenvalue weighted by Gasteiger charge is -2.15. The molecule has 1 unspecified atom stereocenters. The molecular formula is C14H21NO5. The second-order valence-electron chi connectivity index (χ2n) is 4.11. The molecule has 0 fully saturated rings. The van der Waals surface area contributed by atoms with Crippen molar-refractivity contribution >= 4 is 5.97 Å². The Kier molecular flexibility index (Phi) is 6.83. The number of nitrogens with one attached hydrogen (secondary N) is 1. The number of carboxylic acids is 1. The fraction of sp³-hybridized carbons (Fsp3) is 0.500. The van der Waals surface area contributed by atoms with Crippen LogP contribution < -0.4 is 14.8 Å². The Hall–Kier alpha value is -1.79. The van der Waals surface area contributed by atoms with Gasteiger partial charge < -0.3 is 25.0 Å². The minimum Gasteiger partial charge on any atom is -0.490 e. The van der Waals surface area contributed by atoms with Crippen molar-refractivity contribution in [2.24, 2.45) is 0 Å². The van der Waals surface area contributed by atoms with Crippen molar-refractivity contribution in [1.82, 2.24) is 5.32 Å². The van der Waals surface area contributed by atoms with Crippen molar-refractivity contribution in [3.8, 4) is 11.5 Å². The zero-order valence-corrected chi connectivity index (χ0v) is 11.8. The van der Waals surface area contributed by atoms with Gasteiger partial charge in [-0.25, -0.2) is 0 Å². The maximum Gasteiger partial charge on any atom is 0.317 e. The van der Waals surface area contributed by atoms with Crippen molar-refractivity contribution in [2.45, 2.75) is 20.0 Å². The number of rotatable bonds is 9. The van der Waals surface area contributed by atoms with Gasteiger partial charge in [0.1, 0.15) is 0 Å². The van der Waals surface area contributed by atoms with E-state index in [-0.39, 0.29) is 13.1 Å². The van der Waals surface area contributed by atoms with Crippen molar-refractivity contribution in [1.29, 1.82) is 0 Å². The molecule has 0 aliphatic carbocycles. The van der Waals surface area contributed by atoms with Crippen molar-refractivity contribution in [3.63, 3.8) is 0 Å². The van der Waals surface area contributed by atoms with Crippen LogP contribution in [0.15, 0.2) is 18.2 Å². The molecule has 0 spiro atoms. The second-order valence-corrected chi connectivity index (χ2v) is 4.11. The number of benzene rings is 1. The molecule has 6 nitrogen and oxygen atoms in total. The number of carbonyl (C=O) groups is 1. The van der Waals surface area contributed by atoms with Crippen molar-refractivity contribution in [2.75, 3.05) is 26.3 Å². The van der Waals surface area contributed by atoms with Crippen LogP contribution in [0.3, 0.4) is 0 Å². The van der Waals surface area contributed by atoms with Gasteiger partial charge in [0, 0.05) is 6.54 Å². The Morgan fingerprint density at radius 3 is 2.50 bits per heavy atom. The molecular weight excluding hydrogens is 262 g/mol. The van der Waals surface area contributed by atoms with Crippen LogP contribution in [0.25, 0.3) is 0 Å². The zero-order valence-electron chi connectivity index (χ0n) is 11.8. The van der Waals surface area contributed by atoms with Crippen LogP contribution in [0.1, 0.15) is 25.5 Å². The highest BCUT2D eigenvalue weighted by molar-refractivity contribution is 5.69. The summed E-state index contributed by atoms with van der Waals surface area (Å²) in [7, 11) is 0. The van der Waals surface area contributed by atoms with E-state index in [9.17, 15) is 9.90 Å². The van der Waals surface area contributed by atoms with E-state index in [0.717, 1.165) is 0 Å². The molecule has 112 valence electrons. The number of ether oxygens (including phenoxy) is 2. The zero-order chi connectivity index (χ0) is 15.0. The van der Waals surface area contributed by atoms with E-state index in [4.69, 9.17) is 14.6 Å². The predicted molar refractivity (Wildman–Crippen MR) is 74.2 cm³/mol. The Morgan fingerprint density at radius 2 is 1.90 bits per heavy atom. The van der Waals surface area contributed by atoms with Crippen LogP contribution in [0.2, 0.25) is 0 Å². The minimum absolute atomic E-state index is 0.159. The molecule has 1 atom stereocenters. The van der Waals surface area contributed by atoms with Crippen LogP contribution in [0.4, 0.5) is 0 Å². The van der Waals surface area contributed by atoms with E-state index in [2.05, 4.69) is 5.32 Å². The second kappa shape index (κ2) is 8.39. The van der Waals surface area contributed by atoms with Crippen LogP contribution in [0, 0.1) is 0 Å². The van der Waals surface area contributed by atoms with Gasteiger partial charge in [0.25, 0.3) is 0 Å². The number of hydrogen-bond acceptors (Lipinski definition) is 5. The molecule has 0 saturated carbocycles. The Bertz CT molecular complexity index is 436. The molecule has 0 aliphatic rings. The lowest BCUT2D eigenvalue weighted by atomic mass is 10.1. The highest BCUT2D eigenvalue weighted by Gasteiger charge is 2.12. The van der Waals surface area contributed by atoms with Gasteiger partial charge in [-0.1, -0.05) is 6.07 Å². The van der Waals surface area contributed by atoms with Gasteiger partial charge in [0.05, 0.1) is 25.9 Å². The van der Waals surface area contributed by atoms with Gasteiger partial charge in [-0.05, 0) is 31.5 Å². The van der Waals surface area contributed by atoms with Gasteiger partial charge in [-0.2, -0.15) is 0 Å². The summed E-state index contributed by atoms with van der Waals surface area (Å²) in [5.74, 6) is 0.242. The quantitative estimate of drug-likeness (QED) is 0.631. The molecule has 1 aromatic rings. The molecule has 0 heterocycles. The summed E-state index contributed by atoms with van der Waals surface area (Å²) < 4.78 is 10.9. The minimum atomic E-state index is -0.959. The standard InChI is InChI=1S/C14H21NO5/c1-3-19-12-6-5-10(7-13(12)20-4-2)11(16)8-15-9-14(17)18/h5-7,11,15-16H,3-4,8-9H2,1-2H3,(H,17,18). The molecule has 0 aliphatic heterocycles. The molecule has 3 N–H and O–H groups in total. The van der Waals surface area contributed by atoms with Gasteiger partial charge >= 0.3 is 5.97 Å². The molecule has 0 saturated heterocycles. The van der Waals surface area contributed by atoms with E-state index >= 15 is 0 Å². The smallest absolute Gasteiger partial charge is 0.317 e. The van der Waals surface area contributed by atoms with Crippen LogP contribution in [-0.4, -0.2) is 42.5 Å². The SMILES string of the molecule is CCOc1ccc(C(O)CNCC(=O)O)cc1OCC. The van der Waals surface area contributed by atoms with E-state index in [0.29, 0.717) is 30.3 Å². The fourth-order valence-electron chi connectivity index (χ4n) is 1.71. The fourth-order valence-corrected chi connectivity index (χ4v) is 1.71. The van der Waals surface area contributed by atoms with Gasteiger partial charge in [-0.3, -0.25) is 4.79 Å². The first-order chi connectivity index (χ1) is 9.58. The number of aliphatic carboxylic acids is 1. The molecule has 0 amide bonds. The predicted octanol–water partition coefficient (Wildman–Crippen LogP) is 1.19. The highest BCUT2D eigenvalue weighted by Crippen LogP contribution is 2.30. The normalized spacial score (nSPS) is 11.9. The largest absolute Gasteiger partial charge is 0.490 e. The summed E-state index contributed by atoms with van der Waals surface area (Å²) >= 11 is 0. The first-order valence-corrected chi connectivity index (χ1v) is 6.58. The third-order valence-electron chi connectivity index (χ3n) is 2.57. The average molecular weight is 283 g/mol. The van der Waals surface area contributed by atoms with Crippen molar-refractivity contribution < 1.29 is 24.5 Å². The monoisotopic (exact) mass is 283 g/mol. The highest BCUT2D eigenvalue weighted by atomic mass is 16.5. The lowest BCUT2D eigenvalue weighted by molar-refractivity contribution is -0.136.